The van der Waals surface area contributed by atoms with Crippen LogP contribution in [0.5, 0.6) is 5.75 Å². The Bertz CT molecular complexity index is 531. The quantitative estimate of drug-likeness (QED) is 0.590. The molecule has 20 heavy (non-hydrogen) atoms. The smallest absolute Gasteiger partial charge is 0.193 e. The molecule has 0 bridgehead atoms. The standard InChI is InChI=1S/C14H20ClN3O2/c1-14(2)11(7-12(14)19)18-13(16)17-8-4-5-10(20-3)9(15)6-8/h4-6,11-12,19H,7H2,1-3H3,(H3,16,17,18). The molecule has 2 rings (SSSR count). The number of nitrogens with zero attached hydrogens (tertiary/aromatic N) is 1. The van der Waals surface area contributed by atoms with Gasteiger partial charge in [0.2, 0.25) is 0 Å². The van der Waals surface area contributed by atoms with Gasteiger partial charge in [-0.3, -0.25) is 0 Å². The van der Waals surface area contributed by atoms with Gasteiger partial charge in [0.25, 0.3) is 0 Å². The summed E-state index contributed by atoms with van der Waals surface area (Å²) < 4.78 is 5.09. The summed E-state index contributed by atoms with van der Waals surface area (Å²) in [6, 6.07) is 5.32. The van der Waals surface area contributed by atoms with Gasteiger partial charge < -0.3 is 20.9 Å². The zero-order valence-corrected chi connectivity index (χ0v) is 12.6. The van der Waals surface area contributed by atoms with Crippen LogP contribution in [0, 0.1) is 5.41 Å². The molecule has 0 aliphatic heterocycles. The summed E-state index contributed by atoms with van der Waals surface area (Å²) in [4.78, 5) is 4.40. The number of aliphatic hydroxyl groups is 1. The molecule has 6 heteroatoms. The minimum atomic E-state index is -0.320. The van der Waals surface area contributed by atoms with E-state index in [-0.39, 0.29) is 17.6 Å². The van der Waals surface area contributed by atoms with E-state index in [9.17, 15) is 5.11 Å². The summed E-state index contributed by atoms with van der Waals surface area (Å²) in [5.74, 6) is 0.923. The summed E-state index contributed by atoms with van der Waals surface area (Å²) in [7, 11) is 1.56. The molecule has 1 aromatic carbocycles. The van der Waals surface area contributed by atoms with Crippen LogP contribution in [0.4, 0.5) is 5.69 Å². The summed E-state index contributed by atoms with van der Waals surface area (Å²) in [6.45, 7) is 3.96. The number of ether oxygens (including phenoxy) is 1. The van der Waals surface area contributed by atoms with Crippen molar-refractivity contribution in [1.29, 1.82) is 0 Å². The van der Waals surface area contributed by atoms with Crippen LogP contribution in [0.3, 0.4) is 0 Å². The lowest BCUT2D eigenvalue weighted by molar-refractivity contribution is -0.0576. The highest BCUT2D eigenvalue weighted by Crippen LogP contribution is 2.42. The predicted molar refractivity (Wildman–Crippen MR) is 81.4 cm³/mol. The van der Waals surface area contributed by atoms with Crippen LogP contribution in [0.2, 0.25) is 5.02 Å². The zero-order chi connectivity index (χ0) is 14.9. The summed E-state index contributed by atoms with van der Waals surface area (Å²) >= 11 is 6.04. The fraction of sp³-hybridized carbons (Fsp3) is 0.500. The molecule has 1 aromatic rings. The van der Waals surface area contributed by atoms with Crippen molar-refractivity contribution in [3.63, 3.8) is 0 Å². The van der Waals surface area contributed by atoms with Crippen LogP contribution in [0.1, 0.15) is 20.3 Å². The first kappa shape index (κ1) is 14.9. The molecular formula is C14H20ClN3O2. The highest BCUT2D eigenvalue weighted by molar-refractivity contribution is 6.32. The Morgan fingerprint density at radius 2 is 2.25 bits per heavy atom. The molecule has 4 N–H and O–H groups in total. The first-order valence-electron chi connectivity index (χ1n) is 6.46. The van der Waals surface area contributed by atoms with Gasteiger partial charge in [0, 0.05) is 11.1 Å². The number of methoxy groups -OCH3 is 1. The molecule has 2 atom stereocenters. The Morgan fingerprint density at radius 3 is 2.75 bits per heavy atom. The number of aliphatic imine (C=N–C) groups is 1. The minimum absolute atomic E-state index is 0.0266. The maximum Gasteiger partial charge on any atom is 0.193 e. The number of benzene rings is 1. The number of halogens is 1. The normalized spacial score (nSPS) is 24.9. The maximum atomic E-state index is 9.68. The molecule has 0 heterocycles. The number of aliphatic hydroxyl groups excluding tert-OH is 1. The van der Waals surface area contributed by atoms with E-state index in [1.807, 2.05) is 19.9 Å². The minimum Gasteiger partial charge on any atom is -0.495 e. The van der Waals surface area contributed by atoms with Crippen molar-refractivity contribution >= 4 is 23.2 Å². The Hall–Kier alpha value is -1.46. The SMILES string of the molecule is COc1ccc(NC(N)=NC2CC(O)C2(C)C)cc1Cl. The number of nitrogens with one attached hydrogen (secondary N) is 1. The molecule has 0 aromatic heterocycles. The average Bonchev–Trinajstić information content (AvgIpc) is 2.38. The third-order valence-corrected chi connectivity index (χ3v) is 4.18. The van der Waals surface area contributed by atoms with Gasteiger partial charge in [0.15, 0.2) is 5.96 Å². The molecule has 1 fully saturated rings. The second kappa shape index (κ2) is 5.50. The molecule has 0 radical (unpaired) electrons. The second-order valence-corrected chi connectivity index (χ2v) is 5.98. The first-order chi connectivity index (χ1) is 9.34. The number of nitrogens with two attached hydrogens (primary N) is 1. The average molecular weight is 298 g/mol. The molecule has 5 nitrogen and oxygen atoms in total. The number of rotatable bonds is 3. The van der Waals surface area contributed by atoms with Gasteiger partial charge in [-0.15, -0.1) is 0 Å². The lowest BCUT2D eigenvalue weighted by atomic mass is 9.65. The Morgan fingerprint density at radius 1 is 1.55 bits per heavy atom. The third kappa shape index (κ3) is 2.83. The van der Waals surface area contributed by atoms with Crippen molar-refractivity contribution in [2.24, 2.45) is 16.1 Å². The van der Waals surface area contributed by atoms with Gasteiger partial charge in [0.1, 0.15) is 5.75 Å². The van der Waals surface area contributed by atoms with Gasteiger partial charge >= 0.3 is 0 Å². The number of anilines is 1. The van der Waals surface area contributed by atoms with Gasteiger partial charge in [-0.2, -0.15) is 0 Å². The van der Waals surface area contributed by atoms with E-state index in [1.165, 1.54) is 0 Å². The van der Waals surface area contributed by atoms with Crippen molar-refractivity contribution in [3.8, 4) is 5.75 Å². The van der Waals surface area contributed by atoms with Gasteiger partial charge in [-0.25, -0.2) is 4.99 Å². The molecule has 1 saturated carbocycles. The Labute approximate surface area is 123 Å². The molecule has 0 spiro atoms. The molecular weight excluding hydrogens is 278 g/mol. The molecule has 2 unspecified atom stereocenters. The van der Waals surface area contributed by atoms with Crippen molar-refractivity contribution in [2.75, 3.05) is 12.4 Å². The molecule has 110 valence electrons. The van der Waals surface area contributed by atoms with E-state index >= 15 is 0 Å². The zero-order valence-electron chi connectivity index (χ0n) is 11.9. The molecule has 1 aliphatic carbocycles. The molecule has 1 aliphatic rings. The Kier molecular flexibility index (Phi) is 4.11. The van der Waals surface area contributed by atoms with E-state index in [2.05, 4.69) is 10.3 Å². The van der Waals surface area contributed by atoms with Crippen LogP contribution in [-0.2, 0) is 0 Å². The Balaban J connectivity index is 2.05. The van der Waals surface area contributed by atoms with Crippen LogP contribution in [0.25, 0.3) is 0 Å². The highest BCUT2D eigenvalue weighted by Gasteiger charge is 2.47. The lowest BCUT2D eigenvalue weighted by Gasteiger charge is -2.46. The number of hydrogen-bond donors (Lipinski definition) is 3. The van der Waals surface area contributed by atoms with Gasteiger partial charge in [-0.1, -0.05) is 25.4 Å². The largest absolute Gasteiger partial charge is 0.495 e. The number of hydrogen-bond acceptors (Lipinski definition) is 3. The highest BCUT2D eigenvalue weighted by atomic mass is 35.5. The van der Waals surface area contributed by atoms with Crippen molar-refractivity contribution in [1.82, 2.24) is 0 Å². The van der Waals surface area contributed by atoms with Crippen molar-refractivity contribution < 1.29 is 9.84 Å². The van der Waals surface area contributed by atoms with E-state index in [0.717, 1.165) is 5.69 Å². The van der Waals surface area contributed by atoms with Crippen LogP contribution < -0.4 is 15.8 Å². The van der Waals surface area contributed by atoms with Gasteiger partial charge in [0.05, 0.1) is 24.3 Å². The third-order valence-electron chi connectivity index (χ3n) is 3.88. The van der Waals surface area contributed by atoms with E-state index in [0.29, 0.717) is 23.2 Å². The second-order valence-electron chi connectivity index (χ2n) is 5.58. The number of guanidine groups is 1. The van der Waals surface area contributed by atoms with Crippen molar-refractivity contribution in [2.45, 2.75) is 32.4 Å². The fourth-order valence-corrected chi connectivity index (χ4v) is 2.45. The first-order valence-corrected chi connectivity index (χ1v) is 6.84. The van der Waals surface area contributed by atoms with E-state index in [4.69, 9.17) is 22.1 Å². The summed E-state index contributed by atoms with van der Waals surface area (Å²) in [5.41, 5.74) is 6.40. The summed E-state index contributed by atoms with van der Waals surface area (Å²) in [5, 5.41) is 13.2. The summed E-state index contributed by atoms with van der Waals surface area (Å²) in [6.07, 6.45) is 0.318. The van der Waals surface area contributed by atoms with Gasteiger partial charge in [-0.05, 0) is 24.6 Å². The van der Waals surface area contributed by atoms with Crippen molar-refractivity contribution in [3.05, 3.63) is 23.2 Å². The monoisotopic (exact) mass is 297 g/mol. The maximum absolute atomic E-state index is 9.68. The topological polar surface area (TPSA) is 79.9 Å². The van der Waals surface area contributed by atoms with E-state index < -0.39 is 0 Å². The predicted octanol–water partition coefficient (Wildman–Crippen LogP) is 2.23. The molecule has 0 saturated heterocycles. The van der Waals surface area contributed by atoms with Crippen LogP contribution >= 0.6 is 11.6 Å². The van der Waals surface area contributed by atoms with Crippen LogP contribution in [0.15, 0.2) is 23.2 Å². The lowest BCUT2D eigenvalue weighted by Crippen LogP contribution is -2.53. The van der Waals surface area contributed by atoms with Crippen LogP contribution in [-0.4, -0.2) is 30.3 Å². The molecule has 0 amide bonds. The fourth-order valence-electron chi connectivity index (χ4n) is 2.19. The van der Waals surface area contributed by atoms with E-state index in [1.54, 1.807) is 19.2 Å².